The molecule has 0 spiro atoms. The minimum absolute atomic E-state index is 0.0439. The number of carbonyl (C=O) groups excluding carboxylic acids is 2. The van der Waals surface area contributed by atoms with Crippen molar-refractivity contribution in [1.29, 1.82) is 0 Å². The van der Waals surface area contributed by atoms with Crippen LogP contribution in [0, 0.1) is 5.92 Å². The van der Waals surface area contributed by atoms with Gasteiger partial charge in [0.05, 0.1) is 17.4 Å². The number of amides is 2. The summed E-state index contributed by atoms with van der Waals surface area (Å²) < 4.78 is 5.50. The van der Waals surface area contributed by atoms with Gasteiger partial charge in [-0.2, -0.15) is 0 Å². The third kappa shape index (κ3) is 4.33. The number of anilines is 1. The fraction of sp³-hybridized carbons (Fsp3) is 0.480. The van der Waals surface area contributed by atoms with Gasteiger partial charge in [0.15, 0.2) is 0 Å². The Morgan fingerprint density at radius 2 is 2.00 bits per heavy atom. The summed E-state index contributed by atoms with van der Waals surface area (Å²) in [5.74, 6) is 0.287. The van der Waals surface area contributed by atoms with Crippen LogP contribution in [-0.4, -0.2) is 40.6 Å². The largest absolute Gasteiger partial charge is 0.444 e. The second-order valence-electron chi connectivity index (χ2n) is 10.2. The zero-order valence-corrected chi connectivity index (χ0v) is 20.1. The van der Waals surface area contributed by atoms with Gasteiger partial charge in [-0.05, 0) is 88.8 Å². The van der Waals surface area contributed by atoms with Crippen molar-refractivity contribution < 1.29 is 14.3 Å². The van der Waals surface area contributed by atoms with Crippen molar-refractivity contribution in [3.8, 4) is 0 Å². The lowest BCUT2D eigenvalue weighted by Gasteiger charge is -2.32. The van der Waals surface area contributed by atoms with E-state index < -0.39 is 11.1 Å². The molecule has 1 aromatic carbocycles. The van der Waals surface area contributed by atoms with Crippen LogP contribution in [-0.2, 0) is 16.7 Å². The number of likely N-dealkylation sites (tertiary alicyclic amines) is 1. The van der Waals surface area contributed by atoms with Crippen LogP contribution >= 0.6 is 11.6 Å². The molecule has 0 saturated carbocycles. The van der Waals surface area contributed by atoms with Crippen molar-refractivity contribution in [3.63, 3.8) is 0 Å². The van der Waals surface area contributed by atoms with Gasteiger partial charge in [-0.15, -0.1) is 0 Å². The Morgan fingerprint density at radius 3 is 2.72 bits per heavy atom. The average Bonchev–Trinajstić information content (AvgIpc) is 3.22. The highest BCUT2D eigenvalue weighted by Gasteiger charge is 2.44. The molecule has 3 heterocycles. The molecule has 1 atom stereocenters. The molecule has 1 fully saturated rings. The Balaban J connectivity index is 1.49. The predicted octanol–water partition coefficient (Wildman–Crippen LogP) is 5.43. The highest BCUT2D eigenvalue weighted by molar-refractivity contribution is 6.31. The number of halogens is 1. The van der Waals surface area contributed by atoms with Gasteiger partial charge in [0.2, 0.25) is 0 Å². The van der Waals surface area contributed by atoms with Gasteiger partial charge in [-0.1, -0.05) is 11.6 Å². The van der Waals surface area contributed by atoms with Crippen LogP contribution in [0.3, 0.4) is 0 Å². The summed E-state index contributed by atoms with van der Waals surface area (Å²) in [5.41, 5.74) is 2.39. The van der Waals surface area contributed by atoms with Crippen LogP contribution in [0.5, 0.6) is 0 Å². The SMILES string of the molecule is CC(C)(C)OC(=O)N1CCC(Cc2cncc(N3C(=O)c4ccc(Cl)cc4C3(C)C)c2)C1. The first-order valence-corrected chi connectivity index (χ1v) is 11.4. The number of rotatable bonds is 3. The maximum atomic E-state index is 13.2. The Hall–Kier alpha value is -2.60. The first kappa shape index (κ1) is 22.6. The lowest BCUT2D eigenvalue weighted by molar-refractivity contribution is 0.0288. The monoisotopic (exact) mass is 455 g/mol. The molecule has 0 bridgehead atoms. The topological polar surface area (TPSA) is 62.7 Å². The summed E-state index contributed by atoms with van der Waals surface area (Å²) in [4.78, 5) is 33.6. The molecule has 7 heteroatoms. The molecule has 1 saturated heterocycles. The van der Waals surface area contributed by atoms with E-state index in [1.807, 2.05) is 52.9 Å². The molecule has 1 unspecified atom stereocenters. The molecular formula is C25H30ClN3O3. The molecule has 2 aliphatic heterocycles. The minimum atomic E-state index is -0.529. The zero-order valence-electron chi connectivity index (χ0n) is 19.3. The number of pyridine rings is 1. The molecule has 6 nitrogen and oxygen atoms in total. The third-order valence-electron chi connectivity index (χ3n) is 6.13. The molecule has 1 aromatic heterocycles. The molecule has 4 rings (SSSR count). The average molecular weight is 456 g/mol. The van der Waals surface area contributed by atoms with Crippen LogP contribution in [0.4, 0.5) is 10.5 Å². The number of fused-ring (bicyclic) bond motifs is 1. The lowest BCUT2D eigenvalue weighted by Crippen LogP contribution is -2.39. The van der Waals surface area contributed by atoms with Crippen molar-refractivity contribution in [3.05, 3.63) is 58.4 Å². The van der Waals surface area contributed by atoms with Gasteiger partial charge >= 0.3 is 6.09 Å². The van der Waals surface area contributed by atoms with Crippen molar-refractivity contribution in [1.82, 2.24) is 9.88 Å². The van der Waals surface area contributed by atoms with Crippen LogP contribution < -0.4 is 4.90 Å². The summed E-state index contributed by atoms with van der Waals surface area (Å²) in [7, 11) is 0. The van der Waals surface area contributed by atoms with Crippen molar-refractivity contribution in [2.45, 2.75) is 58.6 Å². The highest BCUT2D eigenvalue weighted by Crippen LogP contribution is 2.42. The van der Waals surface area contributed by atoms with E-state index in [-0.39, 0.29) is 12.0 Å². The minimum Gasteiger partial charge on any atom is -0.444 e. The molecule has 32 heavy (non-hydrogen) atoms. The maximum absolute atomic E-state index is 13.2. The van der Waals surface area contributed by atoms with E-state index in [4.69, 9.17) is 16.3 Å². The van der Waals surface area contributed by atoms with Crippen molar-refractivity contribution >= 4 is 29.3 Å². The van der Waals surface area contributed by atoms with Crippen LogP contribution in [0.1, 0.15) is 62.5 Å². The van der Waals surface area contributed by atoms with Crippen LogP contribution in [0.25, 0.3) is 0 Å². The normalized spacial score (nSPS) is 19.9. The van der Waals surface area contributed by atoms with E-state index in [9.17, 15) is 9.59 Å². The van der Waals surface area contributed by atoms with Crippen molar-refractivity contribution in [2.75, 3.05) is 18.0 Å². The highest BCUT2D eigenvalue weighted by atomic mass is 35.5. The number of ether oxygens (including phenoxy) is 1. The van der Waals surface area contributed by atoms with Crippen molar-refractivity contribution in [2.24, 2.45) is 5.92 Å². The second kappa shape index (κ2) is 8.07. The quantitative estimate of drug-likeness (QED) is 0.619. The fourth-order valence-electron chi connectivity index (χ4n) is 4.68. The summed E-state index contributed by atoms with van der Waals surface area (Å²) in [6.45, 7) is 11.0. The smallest absolute Gasteiger partial charge is 0.410 e. The summed E-state index contributed by atoms with van der Waals surface area (Å²) in [6.07, 6.45) is 5.03. The lowest BCUT2D eigenvalue weighted by atomic mass is 9.93. The molecule has 0 N–H and O–H groups in total. The van der Waals surface area contributed by atoms with Gasteiger partial charge < -0.3 is 9.64 Å². The number of carbonyl (C=O) groups is 2. The predicted molar refractivity (Wildman–Crippen MR) is 125 cm³/mol. The number of benzene rings is 1. The van der Waals surface area contributed by atoms with E-state index >= 15 is 0 Å². The van der Waals surface area contributed by atoms with Crippen LogP contribution in [0.2, 0.25) is 5.02 Å². The molecule has 2 amide bonds. The molecular weight excluding hydrogens is 426 g/mol. The second-order valence-corrected chi connectivity index (χ2v) is 10.7. The fourth-order valence-corrected chi connectivity index (χ4v) is 4.85. The zero-order chi connectivity index (χ0) is 23.3. The Kier molecular flexibility index (Phi) is 5.70. The Morgan fingerprint density at radius 1 is 1.25 bits per heavy atom. The number of nitrogens with zero attached hydrogens (tertiary/aromatic N) is 3. The summed E-state index contributed by atoms with van der Waals surface area (Å²) in [5, 5.41) is 0.620. The van der Waals surface area contributed by atoms with E-state index in [0.29, 0.717) is 29.6 Å². The molecule has 0 radical (unpaired) electrons. The first-order valence-electron chi connectivity index (χ1n) is 11.0. The maximum Gasteiger partial charge on any atom is 0.410 e. The Bertz CT molecular complexity index is 1060. The van der Waals surface area contributed by atoms with E-state index in [1.54, 1.807) is 28.1 Å². The van der Waals surface area contributed by atoms with E-state index in [0.717, 1.165) is 29.7 Å². The first-order chi connectivity index (χ1) is 15.0. The molecule has 2 aromatic rings. The van der Waals surface area contributed by atoms with E-state index in [2.05, 4.69) is 4.98 Å². The van der Waals surface area contributed by atoms with Gasteiger partial charge in [-0.25, -0.2) is 4.79 Å². The molecule has 0 aliphatic carbocycles. The number of hydrogen-bond donors (Lipinski definition) is 0. The number of hydrogen-bond acceptors (Lipinski definition) is 4. The molecule has 170 valence electrons. The Labute approximate surface area is 194 Å². The summed E-state index contributed by atoms with van der Waals surface area (Å²) >= 11 is 6.20. The van der Waals surface area contributed by atoms with Gasteiger partial charge in [-0.3, -0.25) is 14.7 Å². The molecule has 2 aliphatic rings. The van der Waals surface area contributed by atoms with Gasteiger partial charge in [0.1, 0.15) is 5.60 Å². The van der Waals surface area contributed by atoms with Gasteiger partial charge in [0, 0.05) is 29.9 Å². The summed E-state index contributed by atoms with van der Waals surface area (Å²) in [6, 6.07) is 7.46. The van der Waals surface area contributed by atoms with E-state index in [1.165, 1.54) is 0 Å². The standard InChI is InChI=1S/C25H30ClN3O3/c1-24(2,3)32-23(31)28-9-8-16(15-28)10-17-11-19(14-27-13-17)29-22(30)20-7-6-18(26)12-21(20)25(29,4)5/h6-7,11-14,16H,8-10,15H2,1-5H3. The van der Waals surface area contributed by atoms with Gasteiger partial charge in [0.25, 0.3) is 5.91 Å². The third-order valence-corrected chi connectivity index (χ3v) is 6.37. The number of aromatic nitrogens is 1. The van der Waals surface area contributed by atoms with Crippen LogP contribution in [0.15, 0.2) is 36.7 Å².